The number of alkyl halides is 3. The molecule has 1 aliphatic rings. The molecule has 3 aromatic heterocycles. The molecule has 0 amide bonds. The fraction of sp³-hybridized carbons (Fsp3) is 0.500. The van der Waals surface area contributed by atoms with Gasteiger partial charge < -0.3 is 9.88 Å². The third kappa shape index (κ3) is 3.55. The minimum Gasteiger partial charge on any atom is -0.334 e. The first kappa shape index (κ1) is 18.0. The summed E-state index contributed by atoms with van der Waals surface area (Å²) in [6, 6.07) is 2.01. The van der Waals surface area contributed by atoms with Crippen LogP contribution in [0.5, 0.6) is 0 Å². The van der Waals surface area contributed by atoms with Gasteiger partial charge in [0.05, 0.1) is 11.9 Å². The summed E-state index contributed by atoms with van der Waals surface area (Å²) in [5.74, 6) is 1.48. The zero-order chi connectivity index (χ0) is 19.2. The number of aryl methyl sites for hydroxylation is 3. The monoisotopic (exact) mass is 378 g/mol. The second kappa shape index (κ2) is 6.63. The second-order valence-corrected chi connectivity index (χ2v) is 7.15. The molecule has 4 rings (SSSR count). The molecule has 0 saturated heterocycles. The van der Waals surface area contributed by atoms with E-state index in [4.69, 9.17) is 0 Å². The van der Waals surface area contributed by atoms with E-state index in [1.54, 1.807) is 4.57 Å². The maximum atomic E-state index is 12.8. The van der Waals surface area contributed by atoms with Crippen molar-refractivity contribution in [1.29, 1.82) is 0 Å². The van der Waals surface area contributed by atoms with Crippen LogP contribution in [0, 0.1) is 19.8 Å². The molecule has 4 heterocycles. The van der Waals surface area contributed by atoms with E-state index < -0.39 is 11.9 Å². The van der Waals surface area contributed by atoms with Crippen molar-refractivity contribution in [3.05, 3.63) is 47.1 Å². The molecule has 0 saturated carbocycles. The Morgan fingerprint density at radius 2 is 2.07 bits per heavy atom. The van der Waals surface area contributed by atoms with Gasteiger partial charge in [0.2, 0.25) is 5.78 Å². The normalized spacial score (nSPS) is 17.4. The lowest BCUT2D eigenvalue weighted by Gasteiger charge is -2.24. The first-order chi connectivity index (χ1) is 12.8. The Labute approximate surface area is 154 Å². The van der Waals surface area contributed by atoms with Gasteiger partial charge in [-0.05, 0) is 32.3 Å². The molecule has 1 atom stereocenters. The van der Waals surface area contributed by atoms with Gasteiger partial charge in [0.25, 0.3) is 0 Å². The highest BCUT2D eigenvalue weighted by Crippen LogP contribution is 2.30. The van der Waals surface area contributed by atoms with E-state index in [-0.39, 0.29) is 5.92 Å². The summed E-state index contributed by atoms with van der Waals surface area (Å²) in [5, 5.41) is 3.41. The lowest BCUT2D eigenvalue weighted by atomic mass is 9.99. The van der Waals surface area contributed by atoms with Crippen molar-refractivity contribution in [3.63, 3.8) is 0 Å². The molecule has 144 valence electrons. The van der Waals surface area contributed by atoms with Crippen LogP contribution in [-0.2, 0) is 25.7 Å². The minimum absolute atomic E-state index is 0.272. The third-order valence-corrected chi connectivity index (χ3v) is 4.98. The SMILES string of the molecule is Cc1cc(C)n2c(CNCC3CCc4nc(C(F)(F)F)cn4C3)cnc2n1. The van der Waals surface area contributed by atoms with Crippen LogP contribution >= 0.6 is 0 Å². The molecule has 6 nitrogen and oxygen atoms in total. The second-order valence-electron chi connectivity index (χ2n) is 7.15. The van der Waals surface area contributed by atoms with Crippen molar-refractivity contribution >= 4 is 5.78 Å². The van der Waals surface area contributed by atoms with Gasteiger partial charge in [0.1, 0.15) is 5.82 Å². The molecule has 1 N–H and O–H groups in total. The number of rotatable bonds is 4. The largest absolute Gasteiger partial charge is 0.434 e. The summed E-state index contributed by atoms with van der Waals surface area (Å²) in [4.78, 5) is 12.5. The minimum atomic E-state index is -4.38. The molecule has 0 aromatic carbocycles. The molecule has 27 heavy (non-hydrogen) atoms. The Morgan fingerprint density at radius 1 is 1.26 bits per heavy atom. The molecule has 0 spiro atoms. The fourth-order valence-corrected chi connectivity index (χ4v) is 3.74. The van der Waals surface area contributed by atoms with Crippen molar-refractivity contribution in [1.82, 2.24) is 29.2 Å². The van der Waals surface area contributed by atoms with Gasteiger partial charge in [-0.3, -0.25) is 4.40 Å². The lowest BCUT2D eigenvalue weighted by Crippen LogP contribution is -2.30. The number of fused-ring (bicyclic) bond motifs is 2. The van der Waals surface area contributed by atoms with E-state index in [2.05, 4.69) is 20.3 Å². The molecule has 0 fully saturated rings. The highest BCUT2D eigenvalue weighted by Gasteiger charge is 2.35. The number of nitrogens with zero attached hydrogens (tertiary/aromatic N) is 5. The number of imidazole rings is 2. The first-order valence-corrected chi connectivity index (χ1v) is 8.96. The molecular formula is C18H21F3N6. The third-order valence-electron chi connectivity index (χ3n) is 4.98. The van der Waals surface area contributed by atoms with Gasteiger partial charge in [-0.25, -0.2) is 15.0 Å². The van der Waals surface area contributed by atoms with Crippen LogP contribution in [0.1, 0.15) is 35.0 Å². The Bertz CT molecular complexity index is 972. The molecule has 1 unspecified atom stereocenters. The number of aromatic nitrogens is 5. The van der Waals surface area contributed by atoms with Gasteiger partial charge in [0, 0.05) is 43.6 Å². The molecule has 9 heteroatoms. The number of hydrogen-bond donors (Lipinski definition) is 1. The Kier molecular flexibility index (Phi) is 4.41. The highest BCUT2D eigenvalue weighted by molar-refractivity contribution is 5.35. The zero-order valence-corrected chi connectivity index (χ0v) is 15.2. The van der Waals surface area contributed by atoms with Crippen LogP contribution in [0.15, 0.2) is 18.5 Å². The highest BCUT2D eigenvalue weighted by atomic mass is 19.4. The number of hydrogen-bond acceptors (Lipinski definition) is 4. The van der Waals surface area contributed by atoms with Gasteiger partial charge in [-0.1, -0.05) is 0 Å². The summed E-state index contributed by atoms with van der Waals surface area (Å²) >= 11 is 0. The summed E-state index contributed by atoms with van der Waals surface area (Å²) < 4.78 is 42.1. The van der Waals surface area contributed by atoms with Crippen molar-refractivity contribution in [2.45, 2.75) is 46.0 Å². The van der Waals surface area contributed by atoms with Crippen LogP contribution in [0.4, 0.5) is 13.2 Å². The molecule has 0 bridgehead atoms. The van der Waals surface area contributed by atoms with E-state index in [9.17, 15) is 13.2 Å². The van der Waals surface area contributed by atoms with E-state index in [1.165, 1.54) is 0 Å². The average Bonchev–Trinajstić information content (AvgIpc) is 3.18. The quantitative estimate of drug-likeness (QED) is 0.758. The van der Waals surface area contributed by atoms with Crippen LogP contribution in [0.3, 0.4) is 0 Å². The van der Waals surface area contributed by atoms with Crippen LogP contribution < -0.4 is 5.32 Å². The van der Waals surface area contributed by atoms with E-state index in [1.807, 2.05) is 30.5 Å². The number of nitrogens with one attached hydrogen (secondary N) is 1. The van der Waals surface area contributed by atoms with Crippen molar-refractivity contribution in [2.24, 2.45) is 5.92 Å². The summed E-state index contributed by atoms with van der Waals surface area (Å²) in [6.07, 6.45) is -0.0461. The van der Waals surface area contributed by atoms with Crippen molar-refractivity contribution < 1.29 is 13.2 Å². The molecule has 0 aliphatic carbocycles. The zero-order valence-electron chi connectivity index (χ0n) is 15.2. The maximum absolute atomic E-state index is 12.8. The van der Waals surface area contributed by atoms with E-state index in [0.29, 0.717) is 31.1 Å². The van der Waals surface area contributed by atoms with Gasteiger partial charge in [-0.15, -0.1) is 0 Å². The van der Waals surface area contributed by atoms with Gasteiger partial charge >= 0.3 is 6.18 Å². The fourth-order valence-electron chi connectivity index (χ4n) is 3.74. The molecule has 3 aromatic rings. The van der Waals surface area contributed by atoms with Crippen LogP contribution in [0.2, 0.25) is 0 Å². The van der Waals surface area contributed by atoms with Gasteiger partial charge in [-0.2, -0.15) is 13.2 Å². The number of halogens is 3. The Balaban J connectivity index is 1.39. The van der Waals surface area contributed by atoms with Crippen molar-refractivity contribution in [2.75, 3.05) is 6.54 Å². The van der Waals surface area contributed by atoms with E-state index in [0.717, 1.165) is 36.2 Å². The maximum Gasteiger partial charge on any atom is 0.434 e. The van der Waals surface area contributed by atoms with Crippen molar-refractivity contribution in [3.8, 4) is 0 Å². The average molecular weight is 378 g/mol. The first-order valence-electron chi connectivity index (χ1n) is 8.96. The molecular weight excluding hydrogens is 357 g/mol. The predicted molar refractivity (Wildman–Crippen MR) is 93.2 cm³/mol. The Hall–Kier alpha value is -2.42. The van der Waals surface area contributed by atoms with Crippen LogP contribution in [0.25, 0.3) is 5.78 Å². The topological polar surface area (TPSA) is 60.0 Å². The summed E-state index contributed by atoms with van der Waals surface area (Å²) in [5.41, 5.74) is 2.23. The lowest BCUT2D eigenvalue weighted by molar-refractivity contribution is -0.141. The van der Waals surface area contributed by atoms with E-state index >= 15 is 0 Å². The molecule has 0 radical (unpaired) electrons. The standard InChI is InChI=1S/C18H21F3N6/c1-11-5-12(2)27-14(8-23-17(27)24-11)7-22-6-13-3-4-16-25-15(18(19,20)21)10-26(16)9-13/h5,8,10,13,22H,3-4,6-7,9H2,1-2H3. The molecule has 1 aliphatic heterocycles. The summed E-state index contributed by atoms with van der Waals surface area (Å²) in [7, 11) is 0. The predicted octanol–water partition coefficient (Wildman–Crippen LogP) is 2.91. The summed E-state index contributed by atoms with van der Waals surface area (Å²) in [6.45, 7) is 5.88. The Morgan fingerprint density at radius 3 is 2.85 bits per heavy atom. The smallest absolute Gasteiger partial charge is 0.334 e. The van der Waals surface area contributed by atoms with Gasteiger partial charge in [0.15, 0.2) is 5.69 Å². The van der Waals surface area contributed by atoms with Crippen LogP contribution in [-0.4, -0.2) is 30.5 Å².